The van der Waals surface area contributed by atoms with E-state index in [0.29, 0.717) is 18.1 Å². The number of rotatable bonds is 2. The minimum Gasteiger partial charge on any atom is -0.353 e. The Balaban J connectivity index is 1.46. The van der Waals surface area contributed by atoms with Gasteiger partial charge in [-0.3, -0.25) is 9.78 Å². The van der Waals surface area contributed by atoms with Crippen LogP contribution in [0.2, 0.25) is 0 Å². The minimum absolute atomic E-state index is 0.00746. The Morgan fingerprint density at radius 3 is 2.75 bits per heavy atom. The maximum absolute atomic E-state index is 12.7. The molecule has 1 fully saturated rings. The zero-order valence-corrected chi connectivity index (χ0v) is 14.2. The monoisotopic (exact) mass is 339 g/mol. The number of anilines is 1. The van der Waals surface area contributed by atoms with Crippen LogP contribution in [0.3, 0.4) is 0 Å². The lowest BCUT2D eigenvalue weighted by Gasteiger charge is -2.35. The first-order valence-corrected chi connectivity index (χ1v) is 8.70. The maximum Gasteiger partial charge on any atom is 0.282 e. The number of carbonyl (C=O) groups is 1. The van der Waals surface area contributed by atoms with Crippen LogP contribution in [0.25, 0.3) is 10.2 Å². The third kappa shape index (κ3) is 2.82. The molecule has 1 saturated heterocycles. The summed E-state index contributed by atoms with van der Waals surface area (Å²) >= 11 is 1.43. The highest BCUT2D eigenvalue weighted by molar-refractivity contribution is 7.20. The molecule has 0 atom stereocenters. The number of piperazine rings is 1. The number of hydrogen-bond donors (Lipinski definition) is 0. The van der Waals surface area contributed by atoms with Crippen LogP contribution >= 0.6 is 11.3 Å². The lowest BCUT2D eigenvalue weighted by Crippen LogP contribution is -2.49. The number of aromatic nitrogens is 3. The van der Waals surface area contributed by atoms with E-state index in [2.05, 4.69) is 32.8 Å². The molecule has 0 N–H and O–H groups in total. The van der Waals surface area contributed by atoms with Crippen LogP contribution < -0.4 is 4.90 Å². The molecule has 0 radical (unpaired) electrons. The van der Waals surface area contributed by atoms with Gasteiger partial charge in [0.25, 0.3) is 5.91 Å². The number of thiazole rings is 1. The Morgan fingerprint density at radius 1 is 1.17 bits per heavy atom. The van der Waals surface area contributed by atoms with E-state index >= 15 is 0 Å². The van der Waals surface area contributed by atoms with Gasteiger partial charge in [0.1, 0.15) is 11.3 Å². The predicted octanol–water partition coefficient (Wildman–Crippen LogP) is 2.36. The largest absolute Gasteiger partial charge is 0.353 e. The summed E-state index contributed by atoms with van der Waals surface area (Å²) in [6.07, 6.45) is 5.25. The van der Waals surface area contributed by atoms with Gasteiger partial charge in [0, 0.05) is 38.6 Å². The van der Waals surface area contributed by atoms with E-state index in [4.69, 9.17) is 0 Å². The van der Waals surface area contributed by atoms with E-state index in [1.165, 1.54) is 16.9 Å². The van der Waals surface area contributed by atoms with Crippen molar-refractivity contribution in [1.82, 2.24) is 19.9 Å². The number of hydrogen-bond acceptors (Lipinski definition) is 6. The molecule has 0 aliphatic carbocycles. The summed E-state index contributed by atoms with van der Waals surface area (Å²) in [4.78, 5) is 29.7. The van der Waals surface area contributed by atoms with Crippen LogP contribution in [0.1, 0.15) is 15.4 Å². The number of pyridine rings is 2. The average molecular weight is 339 g/mol. The van der Waals surface area contributed by atoms with Gasteiger partial charge in [-0.05, 0) is 30.7 Å². The minimum atomic E-state index is 0.00746. The second kappa shape index (κ2) is 6.16. The fourth-order valence-corrected chi connectivity index (χ4v) is 3.74. The molecule has 0 saturated carbocycles. The number of amides is 1. The zero-order chi connectivity index (χ0) is 16.5. The molecule has 1 amide bonds. The summed E-state index contributed by atoms with van der Waals surface area (Å²) in [5, 5.41) is 0.542. The third-order valence-corrected chi connectivity index (χ3v) is 5.19. The van der Waals surface area contributed by atoms with E-state index in [1.807, 2.05) is 23.2 Å². The molecule has 0 spiro atoms. The lowest BCUT2D eigenvalue weighted by molar-refractivity contribution is 0.0746. The van der Waals surface area contributed by atoms with Crippen molar-refractivity contribution in [3.05, 3.63) is 47.4 Å². The molecule has 1 aliphatic heterocycles. The van der Waals surface area contributed by atoms with Gasteiger partial charge in [-0.25, -0.2) is 9.97 Å². The lowest BCUT2D eigenvalue weighted by atomic mass is 10.2. The van der Waals surface area contributed by atoms with Crippen molar-refractivity contribution in [2.45, 2.75) is 6.92 Å². The molecule has 1 aliphatic rings. The third-order valence-electron chi connectivity index (χ3n) is 4.16. The molecular formula is C17H17N5OS. The highest BCUT2D eigenvalue weighted by atomic mass is 32.1. The van der Waals surface area contributed by atoms with Gasteiger partial charge in [0.2, 0.25) is 0 Å². The van der Waals surface area contributed by atoms with E-state index in [9.17, 15) is 4.79 Å². The number of carbonyl (C=O) groups excluding carboxylic acids is 1. The van der Waals surface area contributed by atoms with Crippen molar-refractivity contribution in [2.75, 3.05) is 31.1 Å². The molecule has 6 nitrogen and oxygen atoms in total. The van der Waals surface area contributed by atoms with Crippen LogP contribution in [0.4, 0.5) is 5.82 Å². The number of nitrogens with zero attached hydrogens (tertiary/aromatic N) is 5. The average Bonchev–Trinajstić information content (AvgIpc) is 3.05. The molecule has 24 heavy (non-hydrogen) atoms. The molecule has 4 heterocycles. The van der Waals surface area contributed by atoms with Gasteiger partial charge in [0.05, 0.1) is 10.9 Å². The van der Waals surface area contributed by atoms with Gasteiger partial charge >= 0.3 is 0 Å². The van der Waals surface area contributed by atoms with Gasteiger partial charge in [-0.15, -0.1) is 11.3 Å². The van der Waals surface area contributed by atoms with Gasteiger partial charge in [0.15, 0.2) is 5.01 Å². The highest BCUT2D eigenvalue weighted by Crippen LogP contribution is 2.23. The van der Waals surface area contributed by atoms with Crippen LogP contribution in [0.5, 0.6) is 0 Å². The topological polar surface area (TPSA) is 62.2 Å². The highest BCUT2D eigenvalue weighted by Gasteiger charge is 2.25. The number of fused-ring (bicyclic) bond motifs is 1. The fraction of sp³-hybridized carbons (Fsp3) is 0.294. The van der Waals surface area contributed by atoms with Gasteiger partial charge in [-0.2, -0.15) is 0 Å². The molecule has 0 unspecified atom stereocenters. The van der Waals surface area contributed by atoms with Crippen molar-refractivity contribution in [1.29, 1.82) is 0 Å². The zero-order valence-electron chi connectivity index (χ0n) is 13.3. The number of aryl methyl sites for hydroxylation is 1. The summed E-state index contributed by atoms with van der Waals surface area (Å²) in [6.45, 7) is 5.00. The van der Waals surface area contributed by atoms with Crippen molar-refractivity contribution < 1.29 is 4.79 Å². The second-order valence-electron chi connectivity index (χ2n) is 5.83. The van der Waals surface area contributed by atoms with Crippen molar-refractivity contribution in [3.8, 4) is 0 Å². The van der Waals surface area contributed by atoms with E-state index in [-0.39, 0.29) is 5.91 Å². The molecule has 3 aromatic heterocycles. The fourth-order valence-electron chi connectivity index (χ4n) is 2.84. The smallest absolute Gasteiger partial charge is 0.282 e. The summed E-state index contributed by atoms with van der Waals surface area (Å²) in [7, 11) is 0. The Kier molecular flexibility index (Phi) is 3.86. The van der Waals surface area contributed by atoms with Gasteiger partial charge < -0.3 is 9.80 Å². The molecular weight excluding hydrogens is 322 g/mol. The Hall–Kier alpha value is -2.54. The van der Waals surface area contributed by atoms with E-state index < -0.39 is 0 Å². The van der Waals surface area contributed by atoms with E-state index in [0.717, 1.165) is 29.1 Å². The summed E-state index contributed by atoms with van der Waals surface area (Å²) in [6, 6.07) is 5.97. The van der Waals surface area contributed by atoms with Crippen LogP contribution in [0, 0.1) is 6.92 Å². The summed E-state index contributed by atoms with van der Waals surface area (Å²) < 4.78 is 0.996. The normalized spacial score (nSPS) is 15.0. The Labute approximate surface area is 143 Å². The van der Waals surface area contributed by atoms with Gasteiger partial charge in [-0.1, -0.05) is 0 Å². The Morgan fingerprint density at radius 2 is 2.00 bits per heavy atom. The maximum atomic E-state index is 12.7. The quantitative estimate of drug-likeness (QED) is 0.717. The first kappa shape index (κ1) is 15.0. The van der Waals surface area contributed by atoms with Crippen molar-refractivity contribution >= 4 is 33.3 Å². The SMILES string of the molecule is Cc1ccnc(N2CCN(C(=O)c3nc4cnccc4s3)CC2)c1. The predicted molar refractivity (Wildman–Crippen MR) is 94.5 cm³/mol. The van der Waals surface area contributed by atoms with Crippen LogP contribution in [-0.2, 0) is 0 Å². The first-order chi connectivity index (χ1) is 11.7. The van der Waals surface area contributed by atoms with Crippen molar-refractivity contribution in [3.63, 3.8) is 0 Å². The molecule has 0 bridgehead atoms. The Bertz CT molecular complexity index is 852. The molecule has 0 aromatic carbocycles. The molecule has 4 rings (SSSR count). The summed E-state index contributed by atoms with van der Waals surface area (Å²) in [5.74, 6) is 0.987. The van der Waals surface area contributed by atoms with E-state index in [1.54, 1.807) is 12.4 Å². The molecule has 122 valence electrons. The molecule has 3 aromatic rings. The molecule has 7 heteroatoms. The van der Waals surface area contributed by atoms with Crippen LogP contribution in [0.15, 0.2) is 36.8 Å². The second-order valence-corrected chi connectivity index (χ2v) is 6.86. The van der Waals surface area contributed by atoms with Crippen molar-refractivity contribution in [2.24, 2.45) is 0 Å². The first-order valence-electron chi connectivity index (χ1n) is 7.88. The van der Waals surface area contributed by atoms with Crippen LogP contribution in [-0.4, -0.2) is 51.9 Å². The summed E-state index contributed by atoms with van der Waals surface area (Å²) in [5.41, 5.74) is 1.98. The standard InChI is InChI=1S/C17H17N5OS/c1-12-2-5-19-15(10-12)21-6-8-22(9-7-21)17(23)16-20-13-11-18-4-3-14(13)24-16/h2-5,10-11H,6-9H2,1H3.